The van der Waals surface area contributed by atoms with Crippen LogP contribution in [-0.4, -0.2) is 6.54 Å². The predicted octanol–water partition coefficient (Wildman–Crippen LogP) is 3.50. The maximum atomic E-state index is 3.31. The molecular formula is C10H22ClN. The first-order valence-corrected chi connectivity index (χ1v) is 4.70. The van der Waals surface area contributed by atoms with Crippen molar-refractivity contribution in [2.75, 3.05) is 6.54 Å². The van der Waals surface area contributed by atoms with Crippen molar-refractivity contribution in [1.82, 2.24) is 5.32 Å². The predicted molar refractivity (Wildman–Crippen MR) is 58.8 cm³/mol. The minimum Gasteiger partial charge on any atom is -0.391 e. The third-order valence-electron chi connectivity index (χ3n) is 1.83. The van der Waals surface area contributed by atoms with E-state index >= 15 is 0 Å². The zero-order chi connectivity index (χ0) is 8.53. The number of nitrogens with one attached hydrogen (secondary N) is 1. The van der Waals surface area contributed by atoms with Gasteiger partial charge in [-0.25, -0.2) is 0 Å². The van der Waals surface area contributed by atoms with E-state index in [0.717, 1.165) is 13.0 Å². The minimum absolute atomic E-state index is 0. The van der Waals surface area contributed by atoms with Crippen molar-refractivity contribution < 1.29 is 0 Å². The first-order valence-electron chi connectivity index (χ1n) is 4.70. The van der Waals surface area contributed by atoms with Gasteiger partial charge in [0.05, 0.1) is 0 Å². The topological polar surface area (TPSA) is 12.0 Å². The van der Waals surface area contributed by atoms with E-state index in [1.54, 1.807) is 0 Å². The van der Waals surface area contributed by atoms with Crippen LogP contribution in [0.2, 0.25) is 0 Å². The second-order valence-corrected chi connectivity index (χ2v) is 3.01. The van der Waals surface area contributed by atoms with E-state index in [4.69, 9.17) is 0 Å². The highest BCUT2D eigenvalue weighted by Crippen LogP contribution is 1.95. The molecule has 74 valence electrons. The van der Waals surface area contributed by atoms with Gasteiger partial charge in [-0.2, -0.15) is 0 Å². The van der Waals surface area contributed by atoms with E-state index in [0.29, 0.717) is 0 Å². The zero-order valence-corrected chi connectivity index (χ0v) is 9.34. The van der Waals surface area contributed by atoms with E-state index in [1.807, 2.05) is 0 Å². The standard InChI is InChI=1S/C10H21N.ClH/c1-4-6-7-8-11-9-10(3)5-2;/h9,11H,4-8H2,1-3H3;1H/b10-9+;. The molecule has 0 aromatic rings. The Hall–Kier alpha value is -0.170. The first-order chi connectivity index (χ1) is 5.31. The molecule has 12 heavy (non-hydrogen) atoms. The summed E-state index contributed by atoms with van der Waals surface area (Å²) in [5.74, 6) is 0. The number of hydrogen-bond acceptors (Lipinski definition) is 1. The van der Waals surface area contributed by atoms with Gasteiger partial charge in [0.15, 0.2) is 0 Å². The zero-order valence-electron chi connectivity index (χ0n) is 8.52. The van der Waals surface area contributed by atoms with Gasteiger partial charge in [-0.1, -0.05) is 32.3 Å². The normalized spacial score (nSPS) is 10.8. The SMILES string of the molecule is CCCCCN/C=C(\C)CC.Cl. The van der Waals surface area contributed by atoms with Gasteiger partial charge in [-0.3, -0.25) is 0 Å². The van der Waals surface area contributed by atoms with Gasteiger partial charge in [0, 0.05) is 6.54 Å². The molecule has 0 aromatic heterocycles. The van der Waals surface area contributed by atoms with Crippen molar-refractivity contribution in [3.63, 3.8) is 0 Å². The fraction of sp³-hybridized carbons (Fsp3) is 0.800. The molecule has 1 N–H and O–H groups in total. The van der Waals surface area contributed by atoms with Crippen LogP contribution in [0.25, 0.3) is 0 Å². The number of hydrogen-bond donors (Lipinski definition) is 1. The maximum Gasteiger partial charge on any atom is 0.0141 e. The highest BCUT2D eigenvalue weighted by Gasteiger charge is 1.84. The molecule has 0 amide bonds. The Bertz CT molecular complexity index is 110. The minimum atomic E-state index is 0. The highest BCUT2D eigenvalue weighted by molar-refractivity contribution is 5.85. The summed E-state index contributed by atoms with van der Waals surface area (Å²) in [5, 5.41) is 3.31. The Morgan fingerprint density at radius 2 is 1.92 bits per heavy atom. The molecule has 0 heterocycles. The van der Waals surface area contributed by atoms with Crippen LogP contribution in [-0.2, 0) is 0 Å². The van der Waals surface area contributed by atoms with Crippen LogP contribution >= 0.6 is 12.4 Å². The fourth-order valence-corrected chi connectivity index (χ4v) is 0.826. The molecule has 0 radical (unpaired) electrons. The van der Waals surface area contributed by atoms with Gasteiger partial charge >= 0.3 is 0 Å². The molecule has 0 saturated carbocycles. The second-order valence-electron chi connectivity index (χ2n) is 3.01. The second kappa shape index (κ2) is 10.8. The summed E-state index contributed by atoms with van der Waals surface area (Å²) < 4.78 is 0. The average molecular weight is 192 g/mol. The third kappa shape index (κ3) is 9.83. The van der Waals surface area contributed by atoms with Crippen molar-refractivity contribution in [3.05, 3.63) is 11.8 Å². The Morgan fingerprint density at radius 1 is 1.25 bits per heavy atom. The quantitative estimate of drug-likeness (QED) is 0.634. The van der Waals surface area contributed by atoms with Gasteiger partial charge in [-0.15, -0.1) is 12.4 Å². The summed E-state index contributed by atoms with van der Waals surface area (Å²) in [6.45, 7) is 7.70. The number of halogens is 1. The van der Waals surface area contributed by atoms with E-state index in [2.05, 4.69) is 32.3 Å². The van der Waals surface area contributed by atoms with Gasteiger partial charge < -0.3 is 5.32 Å². The fourth-order valence-electron chi connectivity index (χ4n) is 0.826. The van der Waals surface area contributed by atoms with E-state index in [1.165, 1.54) is 24.8 Å². The van der Waals surface area contributed by atoms with Crippen LogP contribution in [0, 0.1) is 0 Å². The summed E-state index contributed by atoms with van der Waals surface area (Å²) in [4.78, 5) is 0. The molecule has 0 fully saturated rings. The summed E-state index contributed by atoms with van der Waals surface area (Å²) in [6.07, 6.45) is 7.23. The Kier molecular flexibility index (Phi) is 13.0. The van der Waals surface area contributed by atoms with Gasteiger partial charge in [0.2, 0.25) is 0 Å². The average Bonchev–Trinajstić information content (AvgIpc) is 2.04. The number of unbranched alkanes of at least 4 members (excludes halogenated alkanes) is 2. The molecule has 0 saturated heterocycles. The van der Waals surface area contributed by atoms with Gasteiger partial charge in [-0.05, 0) is 26.0 Å². The van der Waals surface area contributed by atoms with Crippen LogP contribution < -0.4 is 5.32 Å². The van der Waals surface area contributed by atoms with E-state index < -0.39 is 0 Å². The van der Waals surface area contributed by atoms with Crippen molar-refractivity contribution in [3.8, 4) is 0 Å². The summed E-state index contributed by atoms with van der Waals surface area (Å²) in [5.41, 5.74) is 1.43. The Labute approximate surface area is 83.0 Å². The summed E-state index contributed by atoms with van der Waals surface area (Å²) in [7, 11) is 0. The molecule has 2 heteroatoms. The van der Waals surface area contributed by atoms with E-state index in [9.17, 15) is 0 Å². The molecular weight excluding hydrogens is 170 g/mol. The third-order valence-corrected chi connectivity index (χ3v) is 1.83. The lowest BCUT2D eigenvalue weighted by Crippen LogP contribution is -2.07. The monoisotopic (exact) mass is 191 g/mol. The lowest BCUT2D eigenvalue weighted by atomic mass is 10.2. The van der Waals surface area contributed by atoms with Crippen LogP contribution in [0.1, 0.15) is 46.5 Å². The first kappa shape index (κ1) is 14.4. The molecule has 0 rings (SSSR count). The van der Waals surface area contributed by atoms with Gasteiger partial charge in [0.25, 0.3) is 0 Å². The summed E-state index contributed by atoms with van der Waals surface area (Å²) in [6, 6.07) is 0. The molecule has 0 atom stereocenters. The summed E-state index contributed by atoms with van der Waals surface area (Å²) >= 11 is 0. The van der Waals surface area contributed by atoms with Crippen LogP contribution in [0.15, 0.2) is 11.8 Å². The van der Waals surface area contributed by atoms with Gasteiger partial charge in [0.1, 0.15) is 0 Å². The van der Waals surface area contributed by atoms with E-state index in [-0.39, 0.29) is 12.4 Å². The Morgan fingerprint density at radius 3 is 2.42 bits per heavy atom. The van der Waals surface area contributed by atoms with Crippen LogP contribution in [0.3, 0.4) is 0 Å². The molecule has 0 bridgehead atoms. The molecule has 0 aromatic carbocycles. The van der Waals surface area contributed by atoms with Crippen molar-refractivity contribution in [1.29, 1.82) is 0 Å². The highest BCUT2D eigenvalue weighted by atomic mass is 35.5. The molecule has 0 aliphatic carbocycles. The van der Waals surface area contributed by atoms with Crippen LogP contribution in [0.4, 0.5) is 0 Å². The molecule has 0 aliphatic rings. The smallest absolute Gasteiger partial charge is 0.0141 e. The lowest BCUT2D eigenvalue weighted by molar-refractivity contribution is 0.680. The number of rotatable bonds is 6. The largest absolute Gasteiger partial charge is 0.391 e. The van der Waals surface area contributed by atoms with Crippen molar-refractivity contribution in [2.24, 2.45) is 0 Å². The maximum absolute atomic E-state index is 3.31. The molecule has 0 aliphatic heterocycles. The Balaban J connectivity index is 0. The van der Waals surface area contributed by atoms with Crippen LogP contribution in [0.5, 0.6) is 0 Å². The number of allylic oxidation sites excluding steroid dienone is 1. The van der Waals surface area contributed by atoms with Crippen molar-refractivity contribution >= 4 is 12.4 Å². The lowest BCUT2D eigenvalue weighted by Gasteiger charge is -2.00. The molecule has 1 nitrogen and oxygen atoms in total. The molecule has 0 unspecified atom stereocenters. The molecule has 0 spiro atoms. The van der Waals surface area contributed by atoms with Crippen molar-refractivity contribution in [2.45, 2.75) is 46.5 Å².